The summed E-state index contributed by atoms with van der Waals surface area (Å²) in [5, 5.41) is 0. The Morgan fingerprint density at radius 1 is 1.41 bits per heavy atom. The lowest BCUT2D eigenvalue weighted by atomic mass is 9.48. The van der Waals surface area contributed by atoms with Crippen molar-refractivity contribution < 1.29 is 14.3 Å². The lowest BCUT2D eigenvalue weighted by Crippen LogP contribution is -2.48. The van der Waals surface area contributed by atoms with Gasteiger partial charge in [0.25, 0.3) is 0 Å². The van der Waals surface area contributed by atoms with E-state index in [1.54, 1.807) is 0 Å². The highest BCUT2D eigenvalue weighted by Crippen LogP contribution is 2.60. The Balaban J connectivity index is 1.72. The van der Waals surface area contributed by atoms with Gasteiger partial charge < -0.3 is 4.74 Å². The lowest BCUT2D eigenvalue weighted by Gasteiger charge is -2.56. The SMILES string of the molecule is CC1(C)C2CC=C(CC3CC(=O)OC3=O)C1C2. The summed E-state index contributed by atoms with van der Waals surface area (Å²) in [5.74, 6) is 0.525. The van der Waals surface area contributed by atoms with Crippen molar-refractivity contribution in [2.45, 2.75) is 39.5 Å². The van der Waals surface area contributed by atoms with Gasteiger partial charge in [0.2, 0.25) is 0 Å². The van der Waals surface area contributed by atoms with E-state index in [0.29, 0.717) is 11.3 Å². The van der Waals surface area contributed by atoms with Gasteiger partial charge in [-0.2, -0.15) is 0 Å². The molecular formula is C14H18O3. The minimum Gasteiger partial charge on any atom is -0.393 e. The van der Waals surface area contributed by atoms with E-state index in [4.69, 9.17) is 0 Å². The molecule has 0 amide bonds. The van der Waals surface area contributed by atoms with Crippen LogP contribution >= 0.6 is 0 Å². The molecule has 0 N–H and O–H groups in total. The molecule has 3 nitrogen and oxygen atoms in total. The molecule has 1 aliphatic heterocycles. The van der Waals surface area contributed by atoms with Gasteiger partial charge in [-0.1, -0.05) is 25.5 Å². The number of hydrogen-bond acceptors (Lipinski definition) is 3. The van der Waals surface area contributed by atoms with Crippen LogP contribution in [0.5, 0.6) is 0 Å². The van der Waals surface area contributed by atoms with Crippen molar-refractivity contribution in [3.8, 4) is 0 Å². The van der Waals surface area contributed by atoms with Gasteiger partial charge in [-0.3, -0.25) is 9.59 Å². The number of ether oxygens (including phenoxy) is 1. The van der Waals surface area contributed by atoms with Gasteiger partial charge in [-0.25, -0.2) is 0 Å². The van der Waals surface area contributed by atoms with E-state index in [9.17, 15) is 9.59 Å². The second kappa shape index (κ2) is 3.44. The molecule has 0 aromatic carbocycles. The third kappa shape index (κ3) is 1.55. The fourth-order valence-corrected chi connectivity index (χ4v) is 3.67. The second-order valence-electron chi connectivity index (χ2n) is 6.22. The zero-order chi connectivity index (χ0) is 12.2. The summed E-state index contributed by atoms with van der Waals surface area (Å²) in [6.07, 6.45) is 5.68. The molecule has 0 spiro atoms. The van der Waals surface area contributed by atoms with E-state index in [0.717, 1.165) is 18.8 Å². The van der Waals surface area contributed by atoms with Crippen molar-refractivity contribution >= 4 is 11.9 Å². The molecule has 3 heteroatoms. The van der Waals surface area contributed by atoms with Crippen molar-refractivity contribution in [3.63, 3.8) is 0 Å². The van der Waals surface area contributed by atoms with Crippen LogP contribution in [0.25, 0.3) is 0 Å². The molecule has 1 heterocycles. The number of fused-ring (bicyclic) bond motifs is 1. The maximum Gasteiger partial charge on any atom is 0.317 e. The van der Waals surface area contributed by atoms with E-state index in [-0.39, 0.29) is 24.3 Å². The van der Waals surface area contributed by atoms with Crippen LogP contribution in [0.2, 0.25) is 0 Å². The topological polar surface area (TPSA) is 43.4 Å². The predicted octanol–water partition coefficient (Wildman–Crippen LogP) is 2.46. The third-order valence-electron chi connectivity index (χ3n) is 5.03. The van der Waals surface area contributed by atoms with Crippen molar-refractivity contribution in [1.29, 1.82) is 0 Å². The maximum absolute atomic E-state index is 11.5. The van der Waals surface area contributed by atoms with Gasteiger partial charge in [-0.15, -0.1) is 0 Å². The fraction of sp³-hybridized carbons (Fsp3) is 0.714. The number of carbonyl (C=O) groups is 2. The van der Waals surface area contributed by atoms with Crippen LogP contribution in [0.3, 0.4) is 0 Å². The van der Waals surface area contributed by atoms with Crippen LogP contribution in [-0.4, -0.2) is 11.9 Å². The Bertz CT molecular complexity index is 419. The molecule has 0 radical (unpaired) electrons. The van der Waals surface area contributed by atoms with Crippen molar-refractivity contribution in [2.75, 3.05) is 0 Å². The molecule has 92 valence electrons. The Morgan fingerprint density at radius 3 is 2.71 bits per heavy atom. The smallest absolute Gasteiger partial charge is 0.317 e. The molecule has 0 aromatic heterocycles. The minimum atomic E-state index is -0.359. The Kier molecular flexibility index (Phi) is 2.22. The van der Waals surface area contributed by atoms with Gasteiger partial charge in [0, 0.05) is 0 Å². The number of cyclic esters (lactones) is 2. The predicted molar refractivity (Wildman–Crippen MR) is 61.9 cm³/mol. The summed E-state index contributed by atoms with van der Waals surface area (Å²) >= 11 is 0. The van der Waals surface area contributed by atoms with Gasteiger partial charge in [0.05, 0.1) is 12.3 Å². The first-order valence-corrected chi connectivity index (χ1v) is 6.42. The van der Waals surface area contributed by atoms with Crippen LogP contribution in [0.1, 0.15) is 39.5 Å². The monoisotopic (exact) mass is 234 g/mol. The van der Waals surface area contributed by atoms with E-state index < -0.39 is 0 Å². The Hall–Kier alpha value is -1.12. The zero-order valence-electron chi connectivity index (χ0n) is 10.4. The summed E-state index contributed by atoms with van der Waals surface area (Å²) < 4.78 is 4.61. The molecule has 3 unspecified atom stereocenters. The first kappa shape index (κ1) is 11.0. The molecule has 1 saturated heterocycles. The summed E-state index contributed by atoms with van der Waals surface area (Å²) in [6, 6.07) is 0. The number of esters is 2. The summed E-state index contributed by atoms with van der Waals surface area (Å²) in [6.45, 7) is 4.63. The molecule has 4 rings (SSSR count). The maximum atomic E-state index is 11.5. The Morgan fingerprint density at radius 2 is 2.18 bits per heavy atom. The van der Waals surface area contributed by atoms with Crippen molar-refractivity contribution in [1.82, 2.24) is 0 Å². The number of allylic oxidation sites excluding steroid dienone is 2. The van der Waals surface area contributed by atoms with Crippen LogP contribution < -0.4 is 0 Å². The largest absolute Gasteiger partial charge is 0.393 e. The van der Waals surface area contributed by atoms with Crippen LogP contribution in [0.15, 0.2) is 11.6 Å². The van der Waals surface area contributed by atoms with Crippen molar-refractivity contribution in [2.24, 2.45) is 23.2 Å². The molecule has 2 bridgehead atoms. The fourth-order valence-electron chi connectivity index (χ4n) is 3.67. The Labute approximate surface area is 101 Å². The van der Waals surface area contributed by atoms with Gasteiger partial charge in [-0.05, 0) is 36.5 Å². The molecule has 2 fully saturated rings. The second-order valence-corrected chi connectivity index (χ2v) is 6.22. The summed E-state index contributed by atoms with van der Waals surface area (Å²) in [5.41, 5.74) is 1.77. The van der Waals surface area contributed by atoms with E-state index in [1.807, 2.05) is 0 Å². The lowest BCUT2D eigenvalue weighted by molar-refractivity contribution is -0.153. The highest BCUT2D eigenvalue weighted by Gasteiger charge is 2.51. The van der Waals surface area contributed by atoms with Crippen LogP contribution in [0, 0.1) is 23.2 Å². The zero-order valence-corrected chi connectivity index (χ0v) is 10.4. The average Bonchev–Trinajstić information content (AvgIpc) is 2.57. The number of hydrogen-bond donors (Lipinski definition) is 0. The van der Waals surface area contributed by atoms with Gasteiger partial charge >= 0.3 is 11.9 Å². The minimum absolute atomic E-state index is 0.221. The highest BCUT2D eigenvalue weighted by molar-refractivity contribution is 5.94. The summed E-state index contributed by atoms with van der Waals surface area (Å²) in [7, 11) is 0. The normalized spacial score (nSPS) is 38.5. The van der Waals surface area contributed by atoms with Gasteiger partial charge in [0.15, 0.2) is 0 Å². The molecule has 1 saturated carbocycles. The third-order valence-corrected chi connectivity index (χ3v) is 5.03. The van der Waals surface area contributed by atoms with Crippen molar-refractivity contribution in [3.05, 3.63) is 11.6 Å². The molecule has 0 aromatic rings. The molecule has 4 aliphatic rings. The molecule has 17 heavy (non-hydrogen) atoms. The van der Waals surface area contributed by atoms with E-state index in [2.05, 4.69) is 24.7 Å². The molecule has 3 aliphatic carbocycles. The highest BCUT2D eigenvalue weighted by atomic mass is 16.6. The van der Waals surface area contributed by atoms with Gasteiger partial charge in [0.1, 0.15) is 0 Å². The van der Waals surface area contributed by atoms with Crippen LogP contribution in [-0.2, 0) is 14.3 Å². The number of carbonyl (C=O) groups excluding carboxylic acids is 2. The summed E-state index contributed by atoms with van der Waals surface area (Å²) in [4.78, 5) is 22.5. The standard InChI is InChI=1S/C14H18O3/c1-14(2)10-4-3-8(11(14)7-10)5-9-6-12(15)17-13(9)16/h3,9-11H,4-7H2,1-2H3. The molecular weight excluding hydrogens is 216 g/mol. The van der Waals surface area contributed by atoms with E-state index in [1.165, 1.54) is 12.0 Å². The van der Waals surface area contributed by atoms with Crippen LogP contribution in [0.4, 0.5) is 0 Å². The van der Waals surface area contributed by atoms with E-state index >= 15 is 0 Å². The first-order valence-electron chi connectivity index (χ1n) is 6.42. The quantitative estimate of drug-likeness (QED) is 0.419. The first-order chi connectivity index (χ1) is 7.98. The number of rotatable bonds is 2. The average molecular weight is 234 g/mol. The molecule has 3 atom stereocenters.